The Morgan fingerprint density at radius 1 is 0.927 bits per heavy atom. The number of carboxylic acid groups (broad SMARTS) is 1. The van der Waals surface area contributed by atoms with Crippen LogP contribution in [0.25, 0.3) is 10.9 Å². The number of H-pyrrole nitrogens is 1. The van der Waals surface area contributed by atoms with Crippen molar-refractivity contribution in [2.24, 2.45) is 34.0 Å². The fourth-order valence-electron chi connectivity index (χ4n) is 4.31. The van der Waals surface area contributed by atoms with E-state index in [0.29, 0.717) is 6.42 Å². The highest BCUT2D eigenvalue weighted by atomic mass is 16.4. The largest absolute Gasteiger partial charge is 0.480 e. The molecule has 0 saturated carbocycles. The van der Waals surface area contributed by atoms with Crippen molar-refractivity contribution in [3.8, 4) is 0 Å². The Balaban J connectivity index is 2.25. The van der Waals surface area contributed by atoms with Crippen molar-refractivity contribution in [3.05, 3.63) is 36.0 Å². The monoisotopic (exact) mass is 572 g/mol. The van der Waals surface area contributed by atoms with Crippen molar-refractivity contribution in [2.45, 2.75) is 77.5 Å². The molecule has 2 aromatic rings. The standard InChI is InChI=1S/C28H44N8O5/c1-15(2)12-21(24(37)34-20(27(40)41)10-7-11-32-28(30)31)35-25(38)22(36-26(39)23(29)16(3)4)13-17-14-33-19-9-6-5-8-18(17)19/h5-6,8-9,14-16,20-23,33H,7,10-13,29H2,1-4H3,(H,34,37)(H,35,38)(H,36,39)(H,40,41)(H4,30,31,32). The number of carbonyl (C=O) groups excluding carboxylic acids is 3. The molecule has 4 atom stereocenters. The van der Waals surface area contributed by atoms with Gasteiger partial charge in [-0.15, -0.1) is 0 Å². The van der Waals surface area contributed by atoms with E-state index in [1.54, 1.807) is 20.0 Å². The molecule has 0 aliphatic carbocycles. The number of fused-ring (bicyclic) bond motifs is 1. The number of para-hydroxylation sites is 1. The molecule has 1 heterocycles. The van der Waals surface area contributed by atoms with Crippen LogP contribution in [0.2, 0.25) is 0 Å². The number of nitrogens with one attached hydrogen (secondary N) is 4. The molecule has 11 N–H and O–H groups in total. The molecule has 0 saturated heterocycles. The summed E-state index contributed by atoms with van der Waals surface area (Å²) >= 11 is 0. The number of carboxylic acids is 1. The zero-order chi connectivity index (χ0) is 30.7. The number of aliphatic imine (C=N–C) groups is 1. The molecule has 2 rings (SSSR count). The first-order valence-electron chi connectivity index (χ1n) is 13.8. The van der Waals surface area contributed by atoms with Crippen molar-refractivity contribution >= 4 is 40.6 Å². The number of carbonyl (C=O) groups is 4. The highest BCUT2D eigenvalue weighted by molar-refractivity contribution is 5.95. The molecular formula is C28H44N8O5. The first-order valence-corrected chi connectivity index (χ1v) is 13.8. The van der Waals surface area contributed by atoms with Crippen LogP contribution in [0.1, 0.15) is 52.5 Å². The maximum atomic E-state index is 13.6. The zero-order valence-electron chi connectivity index (χ0n) is 24.1. The summed E-state index contributed by atoms with van der Waals surface area (Å²) < 4.78 is 0. The molecule has 226 valence electrons. The molecule has 4 unspecified atom stereocenters. The van der Waals surface area contributed by atoms with Gasteiger partial charge in [-0.25, -0.2) is 4.79 Å². The van der Waals surface area contributed by atoms with Crippen LogP contribution in [-0.4, -0.2) is 70.5 Å². The quantitative estimate of drug-likeness (QED) is 0.0791. The Hall–Kier alpha value is -4.13. The Morgan fingerprint density at radius 2 is 1.54 bits per heavy atom. The molecule has 0 radical (unpaired) electrons. The molecule has 0 spiro atoms. The lowest BCUT2D eigenvalue weighted by molar-refractivity contribution is -0.142. The number of aromatic amines is 1. The van der Waals surface area contributed by atoms with Gasteiger partial charge in [0.1, 0.15) is 18.1 Å². The van der Waals surface area contributed by atoms with Crippen LogP contribution >= 0.6 is 0 Å². The summed E-state index contributed by atoms with van der Waals surface area (Å²) in [6, 6.07) is 3.46. The van der Waals surface area contributed by atoms with Gasteiger partial charge >= 0.3 is 5.97 Å². The van der Waals surface area contributed by atoms with Crippen LogP contribution in [0.5, 0.6) is 0 Å². The Bertz CT molecular complexity index is 1220. The molecule has 41 heavy (non-hydrogen) atoms. The number of hydrogen-bond acceptors (Lipinski definition) is 6. The summed E-state index contributed by atoms with van der Waals surface area (Å²) in [5.74, 6) is -3.21. The lowest BCUT2D eigenvalue weighted by Crippen LogP contribution is -2.58. The van der Waals surface area contributed by atoms with Crippen LogP contribution in [0.4, 0.5) is 0 Å². The second-order valence-corrected chi connectivity index (χ2v) is 10.9. The highest BCUT2D eigenvalue weighted by Gasteiger charge is 2.31. The van der Waals surface area contributed by atoms with Gasteiger partial charge in [-0.1, -0.05) is 45.9 Å². The third kappa shape index (κ3) is 10.4. The van der Waals surface area contributed by atoms with Gasteiger partial charge in [0.25, 0.3) is 0 Å². The number of guanidine groups is 1. The van der Waals surface area contributed by atoms with Gasteiger partial charge < -0.3 is 43.2 Å². The fourth-order valence-corrected chi connectivity index (χ4v) is 4.31. The Morgan fingerprint density at radius 3 is 2.15 bits per heavy atom. The molecule has 0 aliphatic heterocycles. The van der Waals surface area contributed by atoms with Gasteiger partial charge in [0.2, 0.25) is 17.7 Å². The van der Waals surface area contributed by atoms with Gasteiger partial charge in [0.05, 0.1) is 6.04 Å². The lowest BCUT2D eigenvalue weighted by Gasteiger charge is -2.26. The number of nitrogens with two attached hydrogens (primary N) is 3. The van der Waals surface area contributed by atoms with Crippen LogP contribution in [-0.2, 0) is 25.6 Å². The summed E-state index contributed by atoms with van der Waals surface area (Å²) in [4.78, 5) is 58.5. The van der Waals surface area contributed by atoms with Gasteiger partial charge in [0.15, 0.2) is 5.96 Å². The topological polar surface area (TPSA) is 231 Å². The van der Waals surface area contributed by atoms with E-state index in [9.17, 15) is 24.3 Å². The van der Waals surface area contributed by atoms with E-state index in [1.165, 1.54) is 0 Å². The Labute approximate surface area is 240 Å². The van der Waals surface area contributed by atoms with E-state index < -0.39 is 47.9 Å². The SMILES string of the molecule is CC(C)CC(NC(=O)C(Cc1c[nH]c2ccccc12)NC(=O)C(N)C(C)C)C(=O)NC(CCCN=C(N)N)C(=O)O. The predicted molar refractivity (Wildman–Crippen MR) is 158 cm³/mol. The molecular weight excluding hydrogens is 528 g/mol. The number of aromatic nitrogens is 1. The average Bonchev–Trinajstić information content (AvgIpc) is 3.31. The maximum absolute atomic E-state index is 13.6. The number of rotatable bonds is 16. The van der Waals surface area contributed by atoms with E-state index >= 15 is 0 Å². The number of hydrogen-bond donors (Lipinski definition) is 8. The third-order valence-corrected chi connectivity index (χ3v) is 6.65. The summed E-state index contributed by atoms with van der Waals surface area (Å²) in [6.07, 6.45) is 2.58. The second kappa shape index (κ2) is 15.6. The van der Waals surface area contributed by atoms with Gasteiger partial charge in [0, 0.05) is 30.1 Å². The first kappa shape index (κ1) is 33.1. The van der Waals surface area contributed by atoms with Gasteiger partial charge in [-0.2, -0.15) is 0 Å². The van der Waals surface area contributed by atoms with Crippen molar-refractivity contribution in [1.82, 2.24) is 20.9 Å². The van der Waals surface area contributed by atoms with Crippen LogP contribution < -0.4 is 33.2 Å². The van der Waals surface area contributed by atoms with Crippen molar-refractivity contribution < 1.29 is 24.3 Å². The van der Waals surface area contributed by atoms with Crippen molar-refractivity contribution in [3.63, 3.8) is 0 Å². The number of nitrogens with zero attached hydrogens (tertiary/aromatic N) is 1. The fraction of sp³-hybridized carbons (Fsp3) is 0.536. The third-order valence-electron chi connectivity index (χ3n) is 6.65. The van der Waals surface area contributed by atoms with E-state index in [0.717, 1.165) is 16.5 Å². The van der Waals surface area contributed by atoms with Crippen molar-refractivity contribution in [2.75, 3.05) is 6.54 Å². The summed E-state index contributed by atoms with van der Waals surface area (Å²) in [7, 11) is 0. The highest BCUT2D eigenvalue weighted by Crippen LogP contribution is 2.19. The minimum absolute atomic E-state index is 0.00721. The first-order chi connectivity index (χ1) is 19.3. The lowest BCUT2D eigenvalue weighted by atomic mass is 9.99. The molecule has 13 heteroatoms. The van der Waals surface area contributed by atoms with Crippen LogP contribution in [0, 0.1) is 11.8 Å². The normalized spacial score (nSPS) is 14.2. The minimum Gasteiger partial charge on any atom is -0.480 e. The van der Waals surface area contributed by atoms with E-state index in [4.69, 9.17) is 17.2 Å². The molecule has 13 nitrogen and oxygen atoms in total. The van der Waals surface area contributed by atoms with E-state index in [2.05, 4.69) is 25.9 Å². The molecule has 0 fully saturated rings. The summed E-state index contributed by atoms with van der Waals surface area (Å²) in [5, 5.41) is 18.6. The summed E-state index contributed by atoms with van der Waals surface area (Å²) in [5.41, 5.74) is 18.3. The number of benzene rings is 1. The predicted octanol–water partition coefficient (Wildman–Crippen LogP) is 0.332. The minimum atomic E-state index is -1.22. The maximum Gasteiger partial charge on any atom is 0.326 e. The Kier molecular flexibility index (Phi) is 12.6. The smallest absolute Gasteiger partial charge is 0.326 e. The molecule has 0 aliphatic rings. The van der Waals surface area contributed by atoms with Crippen molar-refractivity contribution in [1.29, 1.82) is 0 Å². The van der Waals surface area contributed by atoms with E-state index in [1.807, 2.05) is 38.1 Å². The second-order valence-electron chi connectivity index (χ2n) is 10.9. The zero-order valence-corrected chi connectivity index (χ0v) is 24.1. The van der Waals surface area contributed by atoms with Crippen LogP contribution in [0.3, 0.4) is 0 Å². The number of amides is 3. The average molecular weight is 573 g/mol. The van der Waals surface area contributed by atoms with Gasteiger partial charge in [-0.3, -0.25) is 19.4 Å². The van der Waals surface area contributed by atoms with Gasteiger partial charge in [-0.05, 0) is 42.7 Å². The molecule has 1 aromatic heterocycles. The molecule has 0 bridgehead atoms. The van der Waals surface area contributed by atoms with Crippen LogP contribution in [0.15, 0.2) is 35.5 Å². The molecule has 1 aromatic carbocycles. The van der Waals surface area contributed by atoms with E-state index in [-0.39, 0.29) is 43.6 Å². The number of aliphatic carboxylic acids is 1. The molecule has 3 amide bonds. The summed E-state index contributed by atoms with van der Waals surface area (Å²) in [6.45, 7) is 7.57.